The fraction of sp³-hybridized carbons (Fsp3) is 0.133. The molecule has 0 heterocycles. The highest BCUT2D eigenvalue weighted by molar-refractivity contribution is 5.90. The number of hydrogen-bond acceptors (Lipinski definition) is 4. The Morgan fingerprint density at radius 1 is 1.25 bits per heavy atom. The number of aromatic hydroxyl groups is 1. The molecule has 0 bridgehead atoms. The number of carbonyl (C=O) groups excluding carboxylic acids is 1. The molecule has 0 unspecified atom stereocenters. The third-order valence-corrected chi connectivity index (χ3v) is 2.72. The van der Waals surface area contributed by atoms with Crippen LogP contribution in [-0.2, 0) is 11.3 Å². The monoisotopic (exact) mass is 276 g/mol. The van der Waals surface area contributed by atoms with Gasteiger partial charge in [-0.2, -0.15) is 0 Å². The first-order valence-corrected chi connectivity index (χ1v) is 5.89. The highest BCUT2D eigenvalue weighted by atomic mass is 19.1. The molecule has 0 aromatic heterocycles. The minimum absolute atomic E-state index is 0.0507. The molecule has 4 nitrogen and oxygen atoms in total. The number of halogens is 1. The molecular weight excluding hydrogens is 263 g/mol. The lowest BCUT2D eigenvalue weighted by atomic mass is 10.2. The molecule has 2 aromatic rings. The molecule has 0 atom stereocenters. The van der Waals surface area contributed by atoms with E-state index in [-0.39, 0.29) is 23.7 Å². The number of rotatable bonds is 4. The van der Waals surface area contributed by atoms with Gasteiger partial charge in [-0.25, -0.2) is 9.18 Å². The Balaban J connectivity index is 2.17. The Morgan fingerprint density at radius 3 is 2.70 bits per heavy atom. The lowest BCUT2D eigenvalue weighted by Crippen LogP contribution is -2.03. The van der Waals surface area contributed by atoms with Crippen LogP contribution in [0.15, 0.2) is 42.5 Å². The summed E-state index contributed by atoms with van der Waals surface area (Å²) >= 11 is 0. The number of phenolic OH excluding ortho intramolecular Hbond substituents is 1. The van der Waals surface area contributed by atoms with Gasteiger partial charge in [0.2, 0.25) is 0 Å². The van der Waals surface area contributed by atoms with Crippen LogP contribution in [-0.4, -0.2) is 18.2 Å². The van der Waals surface area contributed by atoms with Gasteiger partial charge in [-0.3, -0.25) is 0 Å². The zero-order valence-corrected chi connectivity index (χ0v) is 10.8. The molecule has 0 saturated heterocycles. The van der Waals surface area contributed by atoms with E-state index in [0.717, 1.165) is 0 Å². The van der Waals surface area contributed by atoms with Gasteiger partial charge >= 0.3 is 5.97 Å². The molecular formula is C15H13FO4. The molecule has 0 saturated carbocycles. The Morgan fingerprint density at radius 2 is 2.00 bits per heavy atom. The van der Waals surface area contributed by atoms with Crippen LogP contribution in [0, 0.1) is 5.82 Å². The number of hydrogen-bond donors (Lipinski definition) is 1. The normalized spacial score (nSPS) is 10.1. The molecule has 2 aromatic carbocycles. The SMILES string of the molecule is COC(=O)c1ccc(O)c(OCc2ccccc2F)c1. The summed E-state index contributed by atoms with van der Waals surface area (Å²) < 4.78 is 23.4. The number of carbonyl (C=O) groups is 1. The quantitative estimate of drug-likeness (QED) is 0.872. The number of phenols is 1. The van der Waals surface area contributed by atoms with E-state index in [4.69, 9.17) is 4.74 Å². The van der Waals surface area contributed by atoms with Crippen molar-refractivity contribution in [1.82, 2.24) is 0 Å². The van der Waals surface area contributed by atoms with Crippen LogP contribution >= 0.6 is 0 Å². The van der Waals surface area contributed by atoms with Crippen molar-refractivity contribution >= 4 is 5.97 Å². The number of benzene rings is 2. The van der Waals surface area contributed by atoms with Gasteiger partial charge in [0.15, 0.2) is 11.5 Å². The molecule has 0 aliphatic heterocycles. The van der Waals surface area contributed by atoms with Crippen LogP contribution in [0.25, 0.3) is 0 Å². The minimum Gasteiger partial charge on any atom is -0.504 e. The summed E-state index contributed by atoms with van der Waals surface area (Å²) in [5, 5.41) is 9.67. The Bertz CT molecular complexity index is 625. The third kappa shape index (κ3) is 3.06. The predicted molar refractivity (Wildman–Crippen MR) is 70.2 cm³/mol. The van der Waals surface area contributed by atoms with Crippen molar-refractivity contribution in [2.45, 2.75) is 6.61 Å². The fourth-order valence-electron chi connectivity index (χ4n) is 1.65. The molecule has 0 amide bonds. The molecule has 1 N–H and O–H groups in total. The summed E-state index contributed by atoms with van der Waals surface area (Å²) in [7, 11) is 1.26. The van der Waals surface area contributed by atoms with Crippen LogP contribution in [0.4, 0.5) is 4.39 Å². The van der Waals surface area contributed by atoms with Gasteiger partial charge in [0.05, 0.1) is 12.7 Å². The van der Waals surface area contributed by atoms with Gasteiger partial charge in [-0.15, -0.1) is 0 Å². The Labute approximate surface area is 115 Å². The molecule has 2 rings (SSSR count). The van der Waals surface area contributed by atoms with E-state index in [1.54, 1.807) is 18.2 Å². The zero-order valence-electron chi connectivity index (χ0n) is 10.8. The maximum Gasteiger partial charge on any atom is 0.337 e. The van der Waals surface area contributed by atoms with E-state index in [1.807, 2.05) is 0 Å². The summed E-state index contributed by atoms with van der Waals surface area (Å²) in [5.41, 5.74) is 0.601. The van der Waals surface area contributed by atoms with E-state index in [0.29, 0.717) is 5.56 Å². The Hall–Kier alpha value is -2.56. The summed E-state index contributed by atoms with van der Waals surface area (Å²) in [6.07, 6.45) is 0. The molecule has 0 spiro atoms. The second kappa shape index (κ2) is 6.06. The average Bonchev–Trinajstić information content (AvgIpc) is 2.47. The summed E-state index contributed by atoms with van der Waals surface area (Å²) in [4.78, 5) is 11.4. The smallest absolute Gasteiger partial charge is 0.337 e. The van der Waals surface area contributed by atoms with Crippen molar-refractivity contribution in [3.05, 3.63) is 59.4 Å². The summed E-state index contributed by atoms with van der Waals surface area (Å²) in [6, 6.07) is 10.3. The molecule has 104 valence electrons. The molecule has 0 radical (unpaired) electrons. The van der Waals surface area contributed by atoms with E-state index in [1.165, 1.54) is 31.4 Å². The van der Waals surface area contributed by atoms with Crippen LogP contribution < -0.4 is 4.74 Å². The van der Waals surface area contributed by atoms with E-state index in [2.05, 4.69) is 4.74 Å². The van der Waals surface area contributed by atoms with Gasteiger partial charge in [0, 0.05) is 5.56 Å². The van der Waals surface area contributed by atoms with Crippen LogP contribution in [0.2, 0.25) is 0 Å². The minimum atomic E-state index is -0.541. The van der Waals surface area contributed by atoms with Gasteiger partial charge in [-0.05, 0) is 24.3 Å². The van der Waals surface area contributed by atoms with E-state index >= 15 is 0 Å². The lowest BCUT2D eigenvalue weighted by molar-refractivity contribution is 0.0600. The van der Waals surface area contributed by atoms with Gasteiger partial charge in [0.1, 0.15) is 12.4 Å². The first-order chi connectivity index (χ1) is 9.61. The maximum absolute atomic E-state index is 13.4. The number of methoxy groups -OCH3 is 1. The van der Waals surface area contributed by atoms with Gasteiger partial charge in [0.25, 0.3) is 0 Å². The Kier molecular flexibility index (Phi) is 4.20. The topological polar surface area (TPSA) is 55.8 Å². The van der Waals surface area contributed by atoms with Crippen molar-refractivity contribution in [3.63, 3.8) is 0 Å². The highest BCUT2D eigenvalue weighted by Crippen LogP contribution is 2.28. The maximum atomic E-state index is 13.4. The second-order valence-corrected chi connectivity index (χ2v) is 4.05. The molecule has 0 aliphatic carbocycles. The fourth-order valence-corrected chi connectivity index (χ4v) is 1.65. The van der Waals surface area contributed by atoms with Crippen molar-refractivity contribution in [3.8, 4) is 11.5 Å². The van der Waals surface area contributed by atoms with Crippen molar-refractivity contribution in [2.75, 3.05) is 7.11 Å². The van der Waals surface area contributed by atoms with Crippen molar-refractivity contribution in [1.29, 1.82) is 0 Å². The summed E-state index contributed by atoms with van der Waals surface area (Å²) in [5.74, 6) is -0.970. The van der Waals surface area contributed by atoms with E-state index in [9.17, 15) is 14.3 Å². The van der Waals surface area contributed by atoms with E-state index < -0.39 is 11.8 Å². The third-order valence-electron chi connectivity index (χ3n) is 2.72. The standard InChI is InChI=1S/C15H13FO4/c1-19-15(18)10-6-7-13(17)14(8-10)20-9-11-4-2-3-5-12(11)16/h2-8,17H,9H2,1H3. The zero-order chi connectivity index (χ0) is 14.5. The van der Waals surface area contributed by atoms with Crippen LogP contribution in [0.3, 0.4) is 0 Å². The van der Waals surface area contributed by atoms with Crippen molar-refractivity contribution in [2.24, 2.45) is 0 Å². The first-order valence-electron chi connectivity index (χ1n) is 5.89. The van der Waals surface area contributed by atoms with Crippen molar-refractivity contribution < 1.29 is 23.8 Å². The van der Waals surface area contributed by atoms with Gasteiger partial charge in [-0.1, -0.05) is 18.2 Å². The predicted octanol–water partition coefficient (Wildman–Crippen LogP) is 2.90. The first kappa shape index (κ1) is 13.9. The molecule has 20 heavy (non-hydrogen) atoms. The highest BCUT2D eigenvalue weighted by Gasteiger charge is 2.11. The largest absolute Gasteiger partial charge is 0.504 e. The number of ether oxygens (including phenoxy) is 2. The molecule has 0 fully saturated rings. The lowest BCUT2D eigenvalue weighted by Gasteiger charge is -2.10. The summed E-state index contributed by atoms with van der Waals surface area (Å²) in [6.45, 7) is -0.0507. The van der Waals surface area contributed by atoms with Crippen LogP contribution in [0.5, 0.6) is 11.5 Å². The molecule has 0 aliphatic rings. The van der Waals surface area contributed by atoms with Gasteiger partial charge < -0.3 is 14.6 Å². The second-order valence-electron chi connectivity index (χ2n) is 4.05. The van der Waals surface area contributed by atoms with Crippen LogP contribution in [0.1, 0.15) is 15.9 Å². The number of esters is 1. The molecule has 5 heteroatoms. The average molecular weight is 276 g/mol.